The number of benzene rings is 3. The molecule has 3 rings (SSSR count). The van der Waals surface area contributed by atoms with Gasteiger partial charge in [0.1, 0.15) is 0 Å². The zero-order valence-corrected chi connectivity index (χ0v) is 17.3. The average molecular weight is 439 g/mol. The van der Waals surface area contributed by atoms with Crippen molar-refractivity contribution < 1.29 is 18.1 Å². The monoisotopic (exact) mass is 439 g/mol. The van der Waals surface area contributed by atoms with Crippen LogP contribution in [0.1, 0.15) is 11.1 Å². The second kappa shape index (κ2) is 9.96. The van der Waals surface area contributed by atoms with E-state index in [2.05, 4.69) is 10.0 Å². The van der Waals surface area contributed by atoms with Crippen molar-refractivity contribution in [3.63, 3.8) is 0 Å². The summed E-state index contributed by atoms with van der Waals surface area (Å²) in [6.07, 6.45) is 0.401. The molecular weight excluding hydrogens is 418 g/mol. The minimum Gasteiger partial charge on any atom is -0.326 e. The van der Waals surface area contributed by atoms with Crippen LogP contribution in [0.15, 0.2) is 83.8 Å². The molecule has 9 heteroatoms. The normalized spacial score (nSPS) is 11.1. The van der Waals surface area contributed by atoms with Crippen LogP contribution in [0.5, 0.6) is 0 Å². The molecule has 0 fully saturated rings. The van der Waals surface area contributed by atoms with Gasteiger partial charge in [0.2, 0.25) is 15.9 Å². The van der Waals surface area contributed by atoms with Crippen molar-refractivity contribution in [2.24, 2.45) is 0 Å². The van der Waals surface area contributed by atoms with E-state index in [1.54, 1.807) is 6.07 Å². The topological polar surface area (TPSA) is 118 Å². The molecule has 0 atom stereocenters. The number of para-hydroxylation sites is 1. The molecule has 0 saturated carbocycles. The molecule has 3 aromatic rings. The highest BCUT2D eigenvalue weighted by Crippen LogP contribution is 2.19. The van der Waals surface area contributed by atoms with Crippen molar-refractivity contribution >= 4 is 27.3 Å². The Balaban J connectivity index is 1.58. The first-order chi connectivity index (χ1) is 14.8. The van der Waals surface area contributed by atoms with Crippen LogP contribution in [0.25, 0.3) is 0 Å². The molecule has 0 bridgehead atoms. The van der Waals surface area contributed by atoms with Gasteiger partial charge < -0.3 is 5.32 Å². The molecule has 0 spiro atoms. The highest BCUT2D eigenvalue weighted by atomic mass is 32.2. The number of anilines is 1. The van der Waals surface area contributed by atoms with E-state index in [0.29, 0.717) is 17.7 Å². The Hall–Kier alpha value is -3.56. The van der Waals surface area contributed by atoms with Crippen LogP contribution in [0, 0.1) is 10.1 Å². The van der Waals surface area contributed by atoms with Crippen LogP contribution >= 0.6 is 0 Å². The van der Waals surface area contributed by atoms with Crippen LogP contribution in [0.2, 0.25) is 0 Å². The van der Waals surface area contributed by atoms with E-state index in [9.17, 15) is 23.3 Å². The maximum atomic E-state index is 12.4. The zero-order chi connectivity index (χ0) is 22.3. The minimum atomic E-state index is -3.68. The number of nitro groups is 1. The second-order valence-electron chi connectivity index (χ2n) is 6.77. The first-order valence-electron chi connectivity index (χ1n) is 9.51. The van der Waals surface area contributed by atoms with Crippen molar-refractivity contribution in [1.29, 1.82) is 0 Å². The zero-order valence-electron chi connectivity index (χ0n) is 16.5. The van der Waals surface area contributed by atoms with Gasteiger partial charge in [0.15, 0.2) is 0 Å². The van der Waals surface area contributed by atoms with Crippen molar-refractivity contribution in [2.45, 2.75) is 17.7 Å². The van der Waals surface area contributed by atoms with E-state index < -0.39 is 20.9 Å². The maximum absolute atomic E-state index is 12.4. The molecule has 0 aromatic heterocycles. The number of rotatable bonds is 9. The van der Waals surface area contributed by atoms with Gasteiger partial charge in [0.05, 0.1) is 16.2 Å². The van der Waals surface area contributed by atoms with Crippen LogP contribution in [0.3, 0.4) is 0 Å². The van der Waals surface area contributed by atoms with Crippen molar-refractivity contribution in [1.82, 2.24) is 4.72 Å². The molecule has 0 aliphatic carbocycles. The summed E-state index contributed by atoms with van der Waals surface area (Å²) in [4.78, 5) is 22.9. The largest absolute Gasteiger partial charge is 0.326 e. The van der Waals surface area contributed by atoms with Gasteiger partial charge in [-0.1, -0.05) is 48.5 Å². The molecular formula is C22H21N3O5S. The van der Waals surface area contributed by atoms with Crippen LogP contribution in [0.4, 0.5) is 11.4 Å². The molecule has 0 unspecified atom stereocenters. The molecule has 0 aliphatic rings. The highest BCUT2D eigenvalue weighted by molar-refractivity contribution is 7.89. The van der Waals surface area contributed by atoms with Crippen LogP contribution < -0.4 is 10.0 Å². The third-order valence-electron chi connectivity index (χ3n) is 4.54. The van der Waals surface area contributed by atoms with Crippen LogP contribution in [-0.2, 0) is 27.7 Å². The van der Waals surface area contributed by atoms with Gasteiger partial charge in [-0.25, -0.2) is 13.1 Å². The maximum Gasteiger partial charge on any atom is 0.273 e. The Bertz CT molecular complexity index is 1160. The number of carbonyl (C=O) groups is 1. The summed E-state index contributed by atoms with van der Waals surface area (Å²) in [5, 5.41) is 13.7. The molecule has 0 heterocycles. The summed E-state index contributed by atoms with van der Waals surface area (Å²) in [6.45, 7) is 0.265. The Morgan fingerprint density at radius 2 is 1.55 bits per heavy atom. The number of nitro benzene ring substituents is 1. The Morgan fingerprint density at radius 1 is 0.903 bits per heavy atom. The van der Waals surface area contributed by atoms with Gasteiger partial charge in [-0.05, 0) is 36.2 Å². The smallest absolute Gasteiger partial charge is 0.273 e. The van der Waals surface area contributed by atoms with E-state index in [4.69, 9.17) is 0 Å². The lowest BCUT2D eigenvalue weighted by molar-refractivity contribution is -0.385. The molecule has 1 amide bonds. The predicted octanol–water partition coefficient (Wildman–Crippen LogP) is 3.30. The van der Waals surface area contributed by atoms with Crippen molar-refractivity contribution in [3.8, 4) is 0 Å². The van der Waals surface area contributed by atoms with Gasteiger partial charge in [0.25, 0.3) is 5.69 Å². The van der Waals surface area contributed by atoms with E-state index in [0.717, 1.165) is 5.56 Å². The molecule has 0 saturated heterocycles. The number of carbonyl (C=O) groups excluding carboxylic acids is 1. The summed E-state index contributed by atoms with van der Waals surface area (Å²) in [5.74, 6) is -0.439. The number of hydrogen-bond donors (Lipinski definition) is 2. The van der Waals surface area contributed by atoms with Gasteiger partial charge in [0, 0.05) is 23.9 Å². The molecule has 0 radical (unpaired) electrons. The summed E-state index contributed by atoms with van der Waals surface area (Å²) in [5.41, 5.74) is 1.60. The third kappa shape index (κ3) is 6.21. The summed E-state index contributed by atoms with van der Waals surface area (Å²) < 4.78 is 27.4. The molecule has 2 N–H and O–H groups in total. The second-order valence-corrected chi connectivity index (χ2v) is 8.54. The number of nitrogens with zero attached hydrogens (tertiary/aromatic N) is 1. The fourth-order valence-electron chi connectivity index (χ4n) is 2.99. The van der Waals surface area contributed by atoms with E-state index in [-0.39, 0.29) is 23.5 Å². The van der Waals surface area contributed by atoms with Gasteiger partial charge in [-0.2, -0.15) is 0 Å². The number of amides is 1. The molecule has 3 aromatic carbocycles. The van der Waals surface area contributed by atoms with Gasteiger partial charge in [-0.15, -0.1) is 0 Å². The Labute approximate surface area is 180 Å². The van der Waals surface area contributed by atoms with Crippen molar-refractivity contribution in [3.05, 3.63) is 100 Å². The summed E-state index contributed by atoms with van der Waals surface area (Å²) in [7, 11) is -3.68. The van der Waals surface area contributed by atoms with E-state index in [1.165, 1.54) is 42.5 Å². The molecule has 160 valence electrons. The lowest BCUT2D eigenvalue weighted by Crippen LogP contribution is -2.26. The summed E-state index contributed by atoms with van der Waals surface area (Å²) >= 11 is 0. The first-order valence-corrected chi connectivity index (χ1v) is 11.0. The van der Waals surface area contributed by atoms with E-state index in [1.807, 2.05) is 30.3 Å². The number of nitrogens with one attached hydrogen (secondary N) is 2. The van der Waals surface area contributed by atoms with Crippen LogP contribution in [-0.4, -0.2) is 25.8 Å². The number of hydrogen-bond acceptors (Lipinski definition) is 5. The fraction of sp³-hybridized carbons (Fsp3) is 0.136. The van der Waals surface area contributed by atoms with Gasteiger partial charge >= 0.3 is 0 Å². The summed E-state index contributed by atoms with van der Waals surface area (Å²) in [6, 6.07) is 21.3. The highest BCUT2D eigenvalue weighted by Gasteiger charge is 2.16. The quantitative estimate of drug-likeness (QED) is 0.392. The molecule has 8 nitrogen and oxygen atoms in total. The average Bonchev–Trinajstić information content (AvgIpc) is 2.75. The van der Waals surface area contributed by atoms with Crippen molar-refractivity contribution in [2.75, 3.05) is 11.9 Å². The first kappa shape index (κ1) is 22.1. The predicted molar refractivity (Wildman–Crippen MR) is 117 cm³/mol. The SMILES string of the molecule is O=C(Cc1ccccc1[N+](=O)[O-])Nc1ccc(S(=O)(=O)NCCc2ccccc2)cc1. The standard InChI is InChI=1S/C22H21N3O5S/c26-22(16-18-8-4-5-9-21(18)25(27)28)24-19-10-12-20(13-11-19)31(29,30)23-15-14-17-6-2-1-3-7-17/h1-13,23H,14-16H2,(H,24,26). The lowest BCUT2D eigenvalue weighted by atomic mass is 10.1. The third-order valence-corrected chi connectivity index (χ3v) is 6.01. The Morgan fingerprint density at radius 3 is 2.23 bits per heavy atom. The molecule has 0 aliphatic heterocycles. The minimum absolute atomic E-state index is 0.0808. The number of sulfonamides is 1. The lowest BCUT2D eigenvalue weighted by Gasteiger charge is -2.09. The van der Waals surface area contributed by atoms with E-state index >= 15 is 0 Å². The van der Waals surface area contributed by atoms with Gasteiger partial charge in [-0.3, -0.25) is 14.9 Å². The molecule has 31 heavy (non-hydrogen) atoms. The Kier molecular flexibility index (Phi) is 7.11. The fourth-order valence-corrected chi connectivity index (χ4v) is 4.02.